The first kappa shape index (κ1) is 25.5. The van der Waals surface area contributed by atoms with Crippen LogP contribution in [-0.4, -0.2) is 44.3 Å². The number of rotatable bonds is 12. The van der Waals surface area contributed by atoms with E-state index in [1.807, 2.05) is 24.3 Å². The average Bonchev–Trinajstić information content (AvgIpc) is 2.82. The lowest BCUT2D eigenvalue weighted by Crippen LogP contribution is -2.32. The van der Waals surface area contributed by atoms with Crippen molar-refractivity contribution in [3.63, 3.8) is 0 Å². The summed E-state index contributed by atoms with van der Waals surface area (Å²) in [5, 5.41) is 13.2. The number of aliphatic hydroxyl groups is 1. The van der Waals surface area contributed by atoms with Crippen LogP contribution < -0.4 is 20.5 Å². The highest BCUT2D eigenvalue weighted by atomic mass is 32.2. The summed E-state index contributed by atoms with van der Waals surface area (Å²) in [6.45, 7) is 5.32. The van der Waals surface area contributed by atoms with Crippen LogP contribution in [0.4, 0.5) is 11.5 Å². The molecule has 3 aromatic rings. The highest BCUT2D eigenvalue weighted by Gasteiger charge is 2.14. The Labute approximate surface area is 201 Å². The molecule has 1 heterocycles. The van der Waals surface area contributed by atoms with Gasteiger partial charge in [-0.3, -0.25) is 4.72 Å². The number of benzene rings is 2. The zero-order valence-corrected chi connectivity index (χ0v) is 20.3. The number of pyridine rings is 1. The number of hydrogen-bond acceptors (Lipinski definition) is 7. The summed E-state index contributed by atoms with van der Waals surface area (Å²) in [4.78, 5) is 4.17. The third kappa shape index (κ3) is 7.72. The fourth-order valence-corrected chi connectivity index (χ4v) is 4.27. The Balaban J connectivity index is 1.40. The third-order valence-corrected chi connectivity index (χ3v) is 6.63. The third-order valence-electron chi connectivity index (χ3n) is 5.24. The Hall–Kier alpha value is -3.14. The van der Waals surface area contributed by atoms with Crippen LogP contribution in [0.2, 0.25) is 0 Å². The zero-order valence-electron chi connectivity index (χ0n) is 19.4. The van der Waals surface area contributed by atoms with Crippen molar-refractivity contribution in [3.8, 4) is 5.75 Å². The Morgan fingerprint density at radius 3 is 2.35 bits per heavy atom. The quantitative estimate of drug-likeness (QED) is 0.291. The van der Waals surface area contributed by atoms with E-state index in [9.17, 15) is 13.5 Å². The molecule has 0 spiro atoms. The van der Waals surface area contributed by atoms with E-state index in [4.69, 9.17) is 10.5 Å². The smallest absolute Gasteiger partial charge is 0.261 e. The van der Waals surface area contributed by atoms with Gasteiger partial charge in [-0.2, -0.15) is 0 Å². The fraction of sp³-hybridized carbons (Fsp3) is 0.320. The monoisotopic (exact) mass is 484 g/mol. The molecule has 9 heteroatoms. The maximum absolute atomic E-state index is 12.6. The van der Waals surface area contributed by atoms with Crippen molar-refractivity contribution >= 4 is 21.5 Å². The number of aromatic nitrogens is 1. The molecule has 0 saturated carbocycles. The second kappa shape index (κ2) is 11.8. The van der Waals surface area contributed by atoms with Crippen molar-refractivity contribution in [2.24, 2.45) is 0 Å². The van der Waals surface area contributed by atoms with E-state index < -0.39 is 16.1 Å². The van der Waals surface area contributed by atoms with Gasteiger partial charge in [0.25, 0.3) is 10.0 Å². The largest absolute Gasteiger partial charge is 0.489 e. The summed E-state index contributed by atoms with van der Waals surface area (Å²) in [5.41, 5.74) is 8.18. The number of hydrogen-bond donors (Lipinski definition) is 4. The number of anilines is 2. The SMILES string of the molecule is CC(C)c1ccc(S(=O)(=O)Nc2ccc(CCNCC(O)COc3ccc(N)nc3)cc2)cc1. The van der Waals surface area contributed by atoms with Crippen molar-refractivity contribution < 1.29 is 18.3 Å². The van der Waals surface area contributed by atoms with Crippen LogP contribution in [0.5, 0.6) is 5.75 Å². The van der Waals surface area contributed by atoms with Gasteiger partial charge in [0.2, 0.25) is 0 Å². The number of ether oxygens (including phenoxy) is 1. The van der Waals surface area contributed by atoms with Gasteiger partial charge in [0.1, 0.15) is 24.3 Å². The topological polar surface area (TPSA) is 127 Å². The first-order valence-corrected chi connectivity index (χ1v) is 12.7. The minimum absolute atomic E-state index is 0.146. The van der Waals surface area contributed by atoms with Gasteiger partial charge in [0, 0.05) is 12.2 Å². The second-order valence-corrected chi connectivity index (χ2v) is 10.0. The van der Waals surface area contributed by atoms with Crippen LogP contribution in [0.1, 0.15) is 30.9 Å². The minimum atomic E-state index is -3.64. The maximum Gasteiger partial charge on any atom is 0.261 e. The summed E-state index contributed by atoms with van der Waals surface area (Å²) in [6.07, 6.45) is 1.59. The molecule has 1 aromatic heterocycles. The molecule has 3 rings (SSSR count). The lowest BCUT2D eigenvalue weighted by atomic mass is 10.0. The van der Waals surface area contributed by atoms with Crippen molar-refractivity contribution in [3.05, 3.63) is 78.0 Å². The molecule has 0 aliphatic heterocycles. The maximum atomic E-state index is 12.6. The Morgan fingerprint density at radius 2 is 1.74 bits per heavy atom. The number of nitrogens with one attached hydrogen (secondary N) is 2. The highest BCUT2D eigenvalue weighted by molar-refractivity contribution is 7.92. The summed E-state index contributed by atoms with van der Waals surface area (Å²) in [7, 11) is -3.64. The van der Waals surface area contributed by atoms with Gasteiger partial charge in [0.05, 0.1) is 11.1 Å². The van der Waals surface area contributed by atoms with Gasteiger partial charge in [-0.15, -0.1) is 0 Å². The number of nitrogens with two attached hydrogens (primary N) is 1. The molecule has 0 amide bonds. The number of nitrogens with zero attached hydrogens (tertiary/aromatic N) is 1. The van der Waals surface area contributed by atoms with E-state index >= 15 is 0 Å². The second-order valence-electron chi connectivity index (χ2n) is 8.36. The first-order chi connectivity index (χ1) is 16.2. The predicted octanol–water partition coefficient (Wildman–Crippen LogP) is 3.16. The lowest BCUT2D eigenvalue weighted by molar-refractivity contribution is 0.106. The molecule has 1 unspecified atom stereocenters. The summed E-state index contributed by atoms with van der Waals surface area (Å²) < 4.78 is 33.4. The Kier molecular flexibility index (Phi) is 8.86. The van der Waals surface area contributed by atoms with Crippen LogP contribution in [0.25, 0.3) is 0 Å². The van der Waals surface area contributed by atoms with Crippen molar-refractivity contribution in [1.82, 2.24) is 10.3 Å². The van der Waals surface area contributed by atoms with Crippen LogP contribution in [0, 0.1) is 0 Å². The van der Waals surface area contributed by atoms with E-state index in [0.29, 0.717) is 36.3 Å². The van der Waals surface area contributed by atoms with Crippen LogP contribution in [0.3, 0.4) is 0 Å². The van der Waals surface area contributed by atoms with Gasteiger partial charge < -0.3 is 20.9 Å². The van der Waals surface area contributed by atoms with Crippen molar-refractivity contribution in [2.45, 2.75) is 37.2 Å². The minimum Gasteiger partial charge on any atom is -0.489 e. The van der Waals surface area contributed by atoms with E-state index in [2.05, 4.69) is 28.9 Å². The molecule has 5 N–H and O–H groups in total. The molecular weight excluding hydrogens is 452 g/mol. The average molecular weight is 485 g/mol. The van der Waals surface area contributed by atoms with E-state index in [1.54, 1.807) is 36.4 Å². The number of aliphatic hydroxyl groups excluding tert-OH is 1. The van der Waals surface area contributed by atoms with Gasteiger partial charge >= 0.3 is 0 Å². The molecule has 0 aliphatic carbocycles. The van der Waals surface area contributed by atoms with Crippen LogP contribution in [0.15, 0.2) is 71.8 Å². The molecule has 0 aliphatic rings. The zero-order chi connectivity index (χ0) is 24.6. The van der Waals surface area contributed by atoms with Gasteiger partial charge in [-0.25, -0.2) is 13.4 Å². The van der Waals surface area contributed by atoms with Gasteiger partial charge in [0.15, 0.2) is 0 Å². The Morgan fingerprint density at radius 1 is 1.03 bits per heavy atom. The summed E-state index contributed by atoms with van der Waals surface area (Å²) in [5.74, 6) is 1.31. The van der Waals surface area contributed by atoms with E-state index in [1.165, 1.54) is 6.20 Å². The van der Waals surface area contributed by atoms with Gasteiger partial charge in [-0.05, 0) is 66.4 Å². The molecule has 182 valence electrons. The summed E-state index contributed by atoms with van der Waals surface area (Å²) >= 11 is 0. The van der Waals surface area contributed by atoms with Crippen LogP contribution in [-0.2, 0) is 16.4 Å². The number of sulfonamides is 1. The number of nitrogen functional groups attached to an aromatic ring is 1. The molecule has 0 bridgehead atoms. The first-order valence-electron chi connectivity index (χ1n) is 11.2. The molecule has 8 nitrogen and oxygen atoms in total. The normalized spacial score (nSPS) is 12.5. The molecule has 0 fully saturated rings. The van der Waals surface area contributed by atoms with Crippen LogP contribution >= 0.6 is 0 Å². The fourth-order valence-electron chi connectivity index (χ4n) is 3.22. The predicted molar refractivity (Wildman–Crippen MR) is 135 cm³/mol. The molecule has 0 radical (unpaired) electrons. The molecule has 2 aromatic carbocycles. The summed E-state index contributed by atoms with van der Waals surface area (Å²) in [6, 6.07) is 17.5. The van der Waals surface area contributed by atoms with Crippen molar-refractivity contribution in [2.75, 3.05) is 30.2 Å². The lowest BCUT2D eigenvalue weighted by Gasteiger charge is -2.13. The van der Waals surface area contributed by atoms with E-state index in [-0.39, 0.29) is 11.5 Å². The molecule has 1 atom stereocenters. The molecule has 0 saturated heterocycles. The van der Waals surface area contributed by atoms with Crippen molar-refractivity contribution in [1.29, 1.82) is 0 Å². The highest BCUT2D eigenvalue weighted by Crippen LogP contribution is 2.20. The molecule has 34 heavy (non-hydrogen) atoms. The van der Waals surface area contributed by atoms with E-state index in [0.717, 1.165) is 17.5 Å². The Bertz CT molecular complexity index is 1130. The molecular formula is C25H32N4O4S. The standard InChI is InChI=1S/C25H32N4O4S/c1-18(2)20-5-10-24(11-6-20)34(31,32)29-21-7-3-19(4-8-21)13-14-27-15-22(30)17-33-23-9-12-25(26)28-16-23/h3-12,16,18,22,27,29-30H,13-15,17H2,1-2H3,(H2,26,28). The van der Waals surface area contributed by atoms with Gasteiger partial charge in [-0.1, -0.05) is 38.1 Å².